The van der Waals surface area contributed by atoms with Gasteiger partial charge in [0, 0.05) is 38.0 Å². The van der Waals surface area contributed by atoms with Gasteiger partial charge in [0.2, 0.25) is 0 Å². The third-order valence-corrected chi connectivity index (χ3v) is 3.11. The normalized spacial score (nSPS) is 21.4. The molecule has 1 aromatic carbocycles. The average Bonchev–Trinajstić information content (AvgIpc) is 2.86. The summed E-state index contributed by atoms with van der Waals surface area (Å²) in [5, 5.41) is 19.1. The third kappa shape index (κ3) is 3.43. The molecule has 2 atom stereocenters. The number of urea groups is 1. The lowest BCUT2D eigenvalue weighted by atomic mass is 10.2. The number of non-ortho nitro benzene ring substituents is 1. The van der Waals surface area contributed by atoms with E-state index in [1.807, 2.05) is 0 Å². The number of nitrogens with zero attached hydrogens (tertiary/aromatic N) is 1. The van der Waals surface area contributed by atoms with Crippen LogP contribution in [0.4, 0.5) is 16.2 Å². The van der Waals surface area contributed by atoms with Crippen LogP contribution in [0.5, 0.6) is 0 Å². The van der Waals surface area contributed by atoms with Crippen LogP contribution >= 0.6 is 0 Å². The highest BCUT2D eigenvalue weighted by molar-refractivity contribution is 5.89. The molecule has 0 bridgehead atoms. The van der Waals surface area contributed by atoms with Gasteiger partial charge in [-0.15, -0.1) is 0 Å². The summed E-state index contributed by atoms with van der Waals surface area (Å²) in [7, 11) is 1.60. The number of benzene rings is 1. The van der Waals surface area contributed by atoms with Crippen molar-refractivity contribution in [2.75, 3.05) is 25.5 Å². The van der Waals surface area contributed by atoms with Crippen molar-refractivity contribution in [1.82, 2.24) is 10.6 Å². The first kappa shape index (κ1) is 14.2. The summed E-state index contributed by atoms with van der Waals surface area (Å²) in [5.74, 6) is 0. The summed E-state index contributed by atoms with van der Waals surface area (Å²) in [4.78, 5) is 21.8. The summed E-state index contributed by atoms with van der Waals surface area (Å²) in [5.41, 5.74) is 0.475. The maximum atomic E-state index is 11.8. The first-order valence-electron chi connectivity index (χ1n) is 6.15. The number of rotatable bonds is 4. The Bertz CT molecular complexity index is 491. The third-order valence-electron chi connectivity index (χ3n) is 3.11. The maximum absolute atomic E-state index is 11.8. The molecular formula is C12H16N4O4. The molecule has 0 aliphatic carbocycles. The SMILES string of the molecule is CO[C@H]1CNCC1NC(=O)Nc1ccc([N+](=O)[O-])cc1. The standard InChI is InChI=1S/C12H16N4O4/c1-20-11-7-13-6-10(11)15-12(17)14-8-2-4-9(5-3-8)16(18)19/h2-5,10-11,13H,6-7H2,1H3,(H2,14,15,17)/t10?,11-/m0/s1. The highest BCUT2D eigenvalue weighted by Crippen LogP contribution is 2.15. The van der Waals surface area contributed by atoms with Gasteiger partial charge in [-0.1, -0.05) is 0 Å². The summed E-state index contributed by atoms with van der Waals surface area (Å²) in [6.07, 6.45) is -0.0578. The molecule has 8 nitrogen and oxygen atoms in total. The van der Waals surface area contributed by atoms with Gasteiger partial charge in [0.1, 0.15) is 0 Å². The Balaban J connectivity index is 1.89. The van der Waals surface area contributed by atoms with Crippen LogP contribution < -0.4 is 16.0 Å². The number of carbonyl (C=O) groups is 1. The zero-order chi connectivity index (χ0) is 14.5. The van der Waals surface area contributed by atoms with Crippen LogP contribution in [-0.4, -0.2) is 43.3 Å². The molecule has 1 aliphatic heterocycles. The van der Waals surface area contributed by atoms with Gasteiger partial charge in [-0.3, -0.25) is 10.1 Å². The van der Waals surface area contributed by atoms with E-state index in [1.54, 1.807) is 7.11 Å². The van der Waals surface area contributed by atoms with Crippen LogP contribution in [-0.2, 0) is 4.74 Å². The minimum absolute atomic E-state index is 0.0181. The molecular weight excluding hydrogens is 264 g/mol. The number of hydrogen-bond acceptors (Lipinski definition) is 5. The van der Waals surface area contributed by atoms with E-state index in [0.29, 0.717) is 18.8 Å². The molecule has 2 amide bonds. The minimum atomic E-state index is -0.489. The molecule has 0 spiro atoms. The monoisotopic (exact) mass is 280 g/mol. The number of nitro groups is 1. The molecule has 2 rings (SSSR count). The molecule has 3 N–H and O–H groups in total. The Labute approximate surface area is 115 Å². The highest BCUT2D eigenvalue weighted by atomic mass is 16.6. The van der Waals surface area contributed by atoms with Gasteiger partial charge in [0.15, 0.2) is 0 Å². The Morgan fingerprint density at radius 2 is 2.10 bits per heavy atom. The largest absolute Gasteiger partial charge is 0.378 e. The van der Waals surface area contributed by atoms with E-state index < -0.39 is 4.92 Å². The summed E-state index contributed by atoms with van der Waals surface area (Å²) >= 11 is 0. The molecule has 8 heteroatoms. The second-order valence-electron chi connectivity index (χ2n) is 4.44. The molecule has 1 unspecified atom stereocenters. The first-order valence-corrected chi connectivity index (χ1v) is 6.15. The number of nitro benzene ring substituents is 1. The van der Waals surface area contributed by atoms with Gasteiger partial charge in [0.05, 0.1) is 17.1 Å². The second-order valence-corrected chi connectivity index (χ2v) is 4.44. The number of anilines is 1. The van der Waals surface area contributed by atoms with Crippen LogP contribution in [0.15, 0.2) is 24.3 Å². The van der Waals surface area contributed by atoms with Gasteiger partial charge in [-0.25, -0.2) is 4.79 Å². The summed E-state index contributed by atoms with van der Waals surface area (Å²) in [6.45, 7) is 1.34. The van der Waals surface area contributed by atoms with E-state index in [4.69, 9.17) is 4.74 Å². The molecule has 1 aliphatic rings. The van der Waals surface area contributed by atoms with E-state index in [-0.39, 0.29) is 23.9 Å². The highest BCUT2D eigenvalue weighted by Gasteiger charge is 2.28. The van der Waals surface area contributed by atoms with Crippen molar-refractivity contribution in [2.24, 2.45) is 0 Å². The minimum Gasteiger partial charge on any atom is -0.378 e. The Kier molecular flexibility index (Phi) is 4.49. The van der Waals surface area contributed by atoms with Gasteiger partial charge in [-0.2, -0.15) is 0 Å². The smallest absolute Gasteiger partial charge is 0.319 e. The van der Waals surface area contributed by atoms with Gasteiger partial charge < -0.3 is 20.7 Å². The molecule has 1 fully saturated rings. The Hall–Kier alpha value is -2.19. The van der Waals surface area contributed by atoms with Gasteiger partial charge in [0.25, 0.3) is 5.69 Å². The van der Waals surface area contributed by atoms with Crippen molar-refractivity contribution in [3.8, 4) is 0 Å². The second kappa shape index (κ2) is 6.31. The Morgan fingerprint density at radius 1 is 1.40 bits per heavy atom. The average molecular weight is 280 g/mol. The van der Waals surface area contributed by atoms with Crippen molar-refractivity contribution in [3.63, 3.8) is 0 Å². The molecule has 0 saturated carbocycles. The van der Waals surface area contributed by atoms with Crippen LogP contribution in [0.3, 0.4) is 0 Å². The number of ether oxygens (including phenoxy) is 1. The van der Waals surface area contributed by atoms with Crippen molar-refractivity contribution < 1.29 is 14.5 Å². The van der Waals surface area contributed by atoms with E-state index in [0.717, 1.165) is 0 Å². The van der Waals surface area contributed by atoms with Crippen LogP contribution in [0, 0.1) is 10.1 Å². The molecule has 0 radical (unpaired) electrons. The molecule has 1 saturated heterocycles. The number of nitrogens with one attached hydrogen (secondary N) is 3. The topological polar surface area (TPSA) is 106 Å². The fraction of sp³-hybridized carbons (Fsp3) is 0.417. The van der Waals surface area contributed by atoms with Crippen LogP contribution in [0.25, 0.3) is 0 Å². The van der Waals surface area contributed by atoms with Crippen molar-refractivity contribution in [1.29, 1.82) is 0 Å². The molecule has 1 aromatic rings. The molecule has 1 heterocycles. The fourth-order valence-electron chi connectivity index (χ4n) is 2.05. The fourth-order valence-corrected chi connectivity index (χ4v) is 2.05. The summed E-state index contributed by atoms with van der Waals surface area (Å²) in [6, 6.07) is 5.18. The predicted octanol–water partition coefficient (Wildman–Crippen LogP) is 0.703. The number of hydrogen-bond donors (Lipinski definition) is 3. The predicted molar refractivity (Wildman–Crippen MR) is 72.7 cm³/mol. The van der Waals surface area contributed by atoms with Crippen molar-refractivity contribution in [3.05, 3.63) is 34.4 Å². The zero-order valence-electron chi connectivity index (χ0n) is 11.0. The quantitative estimate of drug-likeness (QED) is 0.556. The van der Waals surface area contributed by atoms with Gasteiger partial charge in [-0.05, 0) is 12.1 Å². The number of methoxy groups -OCH3 is 1. The van der Waals surface area contributed by atoms with Crippen LogP contribution in [0.1, 0.15) is 0 Å². The molecule has 108 valence electrons. The van der Waals surface area contributed by atoms with E-state index in [2.05, 4.69) is 16.0 Å². The molecule has 20 heavy (non-hydrogen) atoms. The lowest BCUT2D eigenvalue weighted by Crippen LogP contribution is -2.45. The lowest BCUT2D eigenvalue weighted by Gasteiger charge is -2.18. The number of carbonyl (C=O) groups excluding carboxylic acids is 1. The lowest BCUT2D eigenvalue weighted by molar-refractivity contribution is -0.384. The van der Waals surface area contributed by atoms with E-state index in [9.17, 15) is 14.9 Å². The maximum Gasteiger partial charge on any atom is 0.319 e. The Morgan fingerprint density at radius 3 is 2.70 bits per heavy atom. The van der Waals surface area contributed by atoms with Gasteiger partial charge >= 0.3 is 6.03 Å². The number of amides is 2. The van der Waals surface area contributed by atoms with E-state index >= 15 is 0 Å². The van der Waals surface area contributed by atoms with Crippen LogP contribution in [0.2, 0.25) is 0 Å². The molecule has 0 aromatic heterocycles. The van der Waals surface area contributed by atoms with Crippen molar-refractivity contribution in [2.45, 2.75) is 12.1 Å². The van der Waals surface area contributed by atoms with E-state index in [1.165, 1.54) is 24.3 Å². The first-order chi connectivity index (χ1) is 9.60. The zero-order valence-corrected chi connectivity index (χ0v) is 11.0. The van der Waals surface area contributed by atoms with Crippen molar-refractivity contribution >= 4 is 17.4 Å². The summed E-state index contributed by atoms with van der Waals surface area (Å²) < 4.78 is 5.24.